The van der Waals surface area contributed by atoms with E-state index in [9.17, 15) is 13.5 Å². The molecule has 1 aromatic rings. The van der Waals surface area contributed by atoms with Gasteiger partial charge in [-0.3, -0.25) is 0 Å². The summed E-state index contributed by atoms with van der Waals surface area (Å²) in [5.74, 6) is 0.750. The number of H-pyrrole nitrogens is 1. The highest BCUT2D eigenvalue weighted by molar-refractivity contribution is 7.87. The number of rotatable bonds is 6. The Balaban J connectivity index is 1.89. The molecule has 3 N–H and O–H groups in total. The molecule has 1 fully saturated rings. The van der Waals surface area contributed by atoms with Crippen molar-refractivity contribution in [2.75, 3.05) is 19.7 Å². The SMILES string of the molecule is O=S(=O)(NCCc1ncc[nH]1)N1CCCCC1CO. The number of hydrogen-bond donors (Lipinski definition) is 3. The van der Waals surface area contributed by atoms with Crippen molar-refractivity contribution < 1.29 is 13.5 Å². The van der Waals surface area contributed by atoms with E-state index in [1.807, 2.05) is 0 Å². The van der Waals surface area contributed by atoms with Gasteiger partial charge in [-0.25, -0.2) is 9.71 Å². The van der Waals surface area contributed by atoms with E-state index in [-0.39, 0.29) is 12.6 Å². The molecule has 1 atom stereocenters. The molecule has 1 saturated heterocycles. The van der Waals surface area contributed by atoms with Gasteiger partial charge in [0.15, 0.2) is 0 Å². The lowest BCUT2D eigenvalue weighted by Crippen LogP contribution is -2.50. The second-order valence-corrected chi connectivity index (χ2v) is 6.34. The number of nitrogens with zero attached hydrogens (tertiary/aromatic N) is 2. The van der Waals surface area contributed by atoms with E-state index in [0.29, 0.717) is 19.5 Å². The molecule has 1 aliphatic heterocycles. The van der Waals surface area contributed by atoms with Crippen molar-refractivity contribution >= 4 is 10.2 Å². The van der Waals surface area contributed by atoms with Gasteiger partial charge >= 0.3 is 0 Å². The number of aromatic nitrogens is 2. The maximum atomic E-state index is 12.2. The van der Waals surface area contributed by atoms with Crippen molar-refractivity contribution in [1.82, 2.24) is 19.0 Å². The van der Waals surface area contributed by atoms with Gasteiger partial charge in [-0.15, -0.1) is 0 Å². The maximum Gasteiger partial charge on any atom is 0.279 e. The normalized spacial score (nSPS) is 21.6. The van der Waals surface area contributed by atoms with Crippen LogP contribution in [0.5, 0.6) is 0 Å². The molecular weight excluding hydrogens is 268 g/mol. The maximum absolute atomic E-state index is 12.2. The van der Waals surface area contributed by atoms with E-state index < -0.39 is 10.2 Å². The van der Waals surface area contributed by atoms with Gasteiger partial charge in [0.25, 0.3) is 10.2 Å². The van der Waals surface area contributed by atoms with Gasteiger partial charge in [0.2, 0.25) is 0 Å². The molecule has 0 spiro atoms. The first-order valence-electron chi connectivity index (χ1n) is 6.49. The lowest BCUT2D eigenvalue weighted by molar-refractivity contribution is 0.154. The summed E-state index contributed by atoms with van der Waals surface area (Å²) < 4.78 is 28.2. The summed E-state index contributed by atoms with van der Waals surface area (Å²) in [6.07, 6.45) is 6.38. The summed E-state index contributed by atoms with van der Waals surface area (Å²) in [6, 6.07) is -0.296. The van der Waals surface area contributed by atoms with Gasteiger partial charge in [0, 0.05) is 37.9 Å². The lowest BCUT2D eigenvalue weighted by atomic mass is 10.1. The topological polar surface area (TPSA) is 98.3 Å². The fraction of sp³-hybridized carbons (Fsp3) is 0.727. The monoisotopic (exact) mass is 288 g/mol. The summed E-state index contributed by atoms with van der Waals surface area (Å²) in [6.45, 7) is 0.644. The molecule has 0 radical (unpaired) electrons. The standard InChI is InChI=1S/C11H20N4O3S/c16-9-10-3-1-2-8-15(10)19(17,18)14-5-4-11-12-6-7-13-11/h6-7,10,14,16H,1-5,8-9H2,(H,12,13). The Morgan fingerprint density at radius 1 is 1.53 bits per heavy atom. The first-order valence-corrected chi connectivity index (χ1v) is 7.93. The molecule has 0 aromatic carbocycles. The van der Waals surface area contributed by atoms with Crippen LogP contribution in [-0.2, 0) is 16.6 Å². The van der Waals surface area contributed by atoms with Crippen molar-refractivity contribution in [2.24, 2.45) is 0 Å². The van der Waals surface area contributed by atoms with E-state index in [1.165, 1.54) is 4.31 Å². The molecule has 7 nitrogen and oxygen atoms in total. The smallest absolute Gasteiger partial charge is 0.279 e. The Morgan fingerprint density at radius 3 is 3.05 bits per heavy atom. The molecule has 0 bridgehead atoms. The van der Waals surface area contributed by atoms with E-state index in [4.69, 9.17) is 0 Å². The van der Waals surface area contributed by atoms with Crippen LogP contribution in [0.3, 0.4) is 0 Å². The number of aromatic amines is 1. The van der Waals surface area contributed by atoms with Crippen LogP contribution in [0.15, 0.2) is 12.4 Å². The Bertz CT molecular complexity index is 474. The summed E-state index contributed by atoms with van der Waals surface area (Å²) in [4.78, 5) is 6.96. The lowest BCUT2D eigenvalue weighted by Gasteiger charge is -2.33. The Morgan fingerprint density at radius 2 is 2.37 bits per heavy atom. The molecule has 19 heavy (non-hydrogen) atoms. The van der Waals surface area contributed by atoms with Crippen molar-refractivity contribution in [1.29, 1.82) is 0 Å². The number of imidazole rings is 1. The predicted molar refractivity (Wildman–Crippen MR) is 70.6 cm³/mol. The zero-order chi connectivity index (χ0) is 13.7. The van der Waals surface area contributed by atoms with Gasteiger partial charge in [0.05, 0.1) is 6.61 Å². The minimum atomic E-state index is -3.52. The summed E-state index contributed by atoms with van der Waals surface area (Å²) >= 11 is 0. The van der Waals surface area contributed by atoms with Crippen molar-refractivity contribution in [3.05, 3.63) is 18.2 Å². The predicted octanol–water partition coefficient (Wildman–Crippen LogP) is -0.367. The zero-order valence-corrected chi connectivity index (χ0v) is 11.6. The highest BCUT2D eigenvalue weighted by Gasteiger charge is 2.31. The summed E-state index contributed by atoms with van der Waals surface area (Å²) in [7, 11) is -3.52. The molecule has 2 rings (SSSR count). The second-order valence-electron chi connectivity index (χ2n) is 4.63. The molecule has 1 aromatic heterocycles. The Kier molecular flexibility index (Phi) is 4.92. The highest BCUT2D eigenvalue weighted by atomic mass is 32.2. The molecular formula is C11H20N4O3S. The Labute approximate surface area is 113 Å². The van der Waals surface area contributed by atoms with E-state index in [0.717, 1.165) is 25.1 Å². The largest absolute Gasteiger partial charge is 0.395 e. The first-order chi connectivity index (χ1) is 9.13. The molecule has 1 aliphatic rings. The number of hydrogen-bond acceptors (Lipinski definition) is 4. The molecule has 2 heterocycles. The number of piperidine rings is 1. The molecule has 8 heteroatoms. The average molecular weight is 288 g/mol. The number of aliphatic hydroxyl groups is 1. The van der Waals surface area contributed by atoms with Gasteiger partial charge < -0.3 is 10.1 Å². The highest BCUT2D eigenvalue weighted by Crippen LogP contribution is 2.19. The van der Waals surface area contributed by atoms with Gasteiger partial charge in [-0.05, 0) is 12.8 Å². The second kappa shape index (κ2) is 6.47. The van der Waals surface area contributed by atoms with Crippen molar-refractivity contribution in [3.63, 3.8) is 0 Å². The first kappa shape index (κ1) is 14.4. The molecule has 0 saturated carbocycles. The Hall–Kier alpha value is -0.960. The van der Waals surface area contributed by atoms with Crippen LogP contribution in [0.25, 0.3) is 0 Å². The fourth-order valence-electron chi connectivity index (χ4n) is 2.29. The minimum absolute atomic E-state index is 0.126. The van der Waals surface area contributed by atoms with Crippen molar-refractivity contribution in [2.45, 2.75) is 31.7 Å². The zero-order valence-electron chi connectivity index (χ0n) is 10.7. The van der Waals surface area contributed by atoms with Crippen LogP contribution in [-0.4, -0.2) is 53.5 Å². The molecule has 1 unspecified atom stereocenters. The minimum Gasteiger partial charge on any atom is -0.395 e. The third-order valence-electron chi connectivity index (χ3n) is 3.29. The number of aliphatic hydroxyl groups excluding tert-OH is 1. The average Bonchev–Trinajstić information content (AvgIpc) is 2.91. The molecule has 108 valence electrons. The van der Waals surface area contributed by atoms with Crippen LogP contribution in [0, 0.1) is 0 Å². The van der Waals surface area contributed by atoms with Gasteiger partial charge in [-0.1, -0.05) is 6.42 Å². The van der Waals surface area contributed by atoms with Crippen LogP contribution >= 0.6 is 0 Å². The van der Waals surface area contributed by atoms with E-state index in [1.54, 1.807) is 12.4 Å². The van der Waals surface area contributed by atoms with E-state index >= 15 is 0 Å². The van der Waals surface area contributed by atoms with Crippen molar-refractivity contribution in [3.8, 4) is 0 Å². The summed E-state index contributed by atoms with van der Waals surface area (Å²) in [5, 5.41) is 9.25. The van der Waals surface area contributed by atoms with Gasteiger partial charge in [-0.2, -0.15) is 12.7 Å². The van der Waals surface area contributed by atoms with Crippen LogP contribution in [0.2, 0.25) is 0 Å². The number of nitrogens with one attached hydrogen (secondary N) is 2. The van der Waals surface area contributed by atoms with Crippen LogP contribution in [0.4, 0.5) is 0 Å². The van der Waals surface area contributed by atoms with Crippen LogP contribution in [0.1, 0.15) is 25.1 Å². The third kappa shape index (κ3) is 3.75. The van der Waals surface area contributed by atoms with Crippen LogP contribution < -0.4 is 4.72 Å². The summed E-state index contributed by atoms with van der Waals surface area (Å²) in [5.41, 5.74) is 0. The molecule has 0 aliphatic carbocycles. The van der Waals surface area contributed by atoms with E-state index in [2.05, 4.69) is 14.7 Å². The quantitative estimate of drug-likeness (QED) is 0.665. The molecule has 0 amide bonds. The fourth-order valence-corrected chi connectivity index (χ4v) is 3.75. The van der Waals surface area contributed by atoms with Gasteiger partial charge in [0.1, 0.15) is 5.82 Å². The third-order valence-corrected chi connectivity index (χ3v) is 4.96.